The van der Waals surface area contributed by atoms with Crippen molar-refractivity contribution in [2.75, 3.05) is 14.2 Å². The van der Waals surface area contributed by atoms with E-state index in [2.05, 4.69) is 0 Å². The molecule has 0 spiro atoms. The Morgan fingerprint density at radius 1 is 1.50 bits per heavy atom. The Kier molecular flexibility index (Phi) is 1.59. The highest BCUT2D eigenvalue weighted by Crippen LogP contribution is 2.50. The summed E-state index contributed by atoms with van der Waals surface area (Å²) in [7, 11) is 3.24. The van der Waals surface area contributed by atoms with E-state index in [9.17, 15) is 4.79 Å². The summed E-state index contributed by atoms with van der Waals surface area (Å²) in [6, 6.07) is 0. The van der Waals surface area contributed by atoms with Crippen molar-refractivity contribution in [3.05, 3.63) is 12.2 Å². The molecule has 0 N–H and O–H groups in total. The van der Waals surface area contributed by atoms with Crippen molar-refractivity contribution in [3.63, 3.8) is 0 Å². The molecule has 0 bridgehead atoms. The van der Waals surface area contributed by atoms with Crippen LogP contribution in [0.25, 0.3) is 0 Å². The average Bonchev–Trinajstić information content (AvgIpc) is 2.32. The van der Waals surface area contributed by atoms with Crippen molar-refractivity contribution in [1.82, 2.24) is 0 Å². The quantitative estimate of drug-likeness (QED) is 0.571. The minimum Gasteiger partial charge on any atom is -0.353 e. The minimum absolute atomic E-state index is 0.116. The van der Waals surface area contributed by atoms with Crippen molar-refractivity contribution in [3.8, 4) is 0 Å². The largest absolute Gasteiger partial charge is 0.353 e. The Labute approximate surface area is 71.3 Å². The molecule has 0 radical (unpaired) electrons. The molecule has 0 aromatic carbocycles. The minimum atomic E-state index is -0.521. The van der Waals surface area contributed by atoms with Gasteiger partial charge in [0.25, 0.3) is 0 Å². The summed E-state index contributed by atoms with van der Waals surface area (Å²) in [5, 5.41) is 0. The molecule has 12 heavy (non-hydrogen) atoms. The predicted octanol–water partition coefficient (Wildman–Crippen LogP) is 0.750. The maximum absolute atomic E-state index is 11.2. The number of rotatable bonds is 2. The molecular weight excluding hydrogens is 156 g/mol. The first-order valence-electron chi connectivity index (χ1n) is 4.06. The highest BCUT2D eigenvalue weighted by atomic mass is 16.7. The zero-order valence-electron chi connectivity index (χ0n) is 7.24. The van der Waals surface area contributed by atoms with Gasteiger partial charge in [-0.05, 0) is 6.08 Å². The molecule has 1 fully saturated rings. The highest BCUT2D eigenvalue weighted by Gasteiger charge is 2.58. The van der Waals surface area contributed by atoms with E-state index in [1.165, 1.54) is 0 Å². The number of hydrogen-bond donors (Lipinski definition) is 0. The first-order chi connectivity index (χ1) is 5.73. The molecule has 0 aliphatic heterocycles. The van der Waals surface area contributed by atoms with Crippen LogP contribution in [0, 0.1) is 11.8 Å². The summed E-state index contributed by atoms with van der Waals surface area (Å²) in [6.07, 6.45) is 4.22. The molecule has 0 saturated heterocycles. The van der Waals surface area contributed by atoms with Crippen LogP contribution in [0.4, 0.5) is 0 Å². The third kappa shape index (κ3) is 0.753. The fraction of sp³-hybridized carbons (Fsp3) is 0.667. The van der Waals surface area contributed by atoms with Gasteiger partial charge in [-0.3, -0.25) is 4.79 Å². The zero-order chi connectivity index (χ0) is 8.77. The van der Waals surface area contributed by atoms with Crippen LogP contribution in [-0.2, 0) is 14.3 Å². The molecular formula is C9H12O3. The molecule has 2 atom stereocenters. The molecule has 1 saturated carbocycles. The number of ketones is 1. The number of carbonyl (C=O) groups is 1. The first kappa shape index (κ1) is 7.95. The second-order valence-electron chi connectivity index (χ2n) is 3.32. The van der Waals surface area contributed by atoms with Gasteiger partial charge in [0.1, 0.15) is 0 Å². The van der Waals surface area contributed by atoms with Gasteiger partial charge >= 0.3 is 0 Å². The average molecular weight is 168 g/mol. The normalized spacial score (nSPS) is 36.3. The molecule has 3 nitrogen and oxygen atoms in total. The van der Waals surface area contributed by atoms with Crippen molar-refractivity contribution >= 4 is 5.78 Å². The monoisotopic (exact) mass is 168 g/mol. The summed E-state index contributed by atoms with van der Waals surface area (Å²) in [6.45, 7) is 0. The molecule has 0 aromatic heterocycles. The van der Waals surface area contributed by atoms with E-state index < -0.39 is 5.79 Å². The second-order valence-corrected chi connectivity index (χ2v) is 3.32. The molecule has 0 amide bonds. The van der Waals surface area contributed by atoms with Crippen LogP contribution >= 0.6 is 0 Å². The highest BCUT2D eigenvalue weighted by molar-refractivity contribution is 5.95. The van der Waals surface area contributed by atoms with Gasteiger partial charge in [0, 0.05) is 32.5 Å². The van der Waals surface area contributed by atoms with Gasteiger partial charge in [-0.1, -0.05) is 6.08 Å². The Morgan fingerprint density at radius 2 is 2.17 bits per heavy atom. The standard InChI is InChI=1S/C9H12O3/c1-11-9(12-2)5-6-7(9)3-4-8(6)10/h3-4,6-7H,5H2,1-2H3. The third-order valence-corrected chi connectivity index (χ3v) is 2.97. The Morgan fingerprint density at radius 3 is 2.67 bits per heavy atom. The van der Waals surface area contributed by atoms with E-state index in [1.807, 2.05) is 6.08 Å². The second kappa shape index (κ2) is 2.41. The molecule has 3 heteroatoms. The van der Waals surface area contributed by atoms with Crippen molar-refractivity contribution < 1.29 is 14.3 Å². The number of methoxy groups -OCH3 is 2. The van der Waals surface area contributed by atoms with Gasteiger partial charge < -0.3 is 9.47 Å². The van der Waals surface area contributed by atoms with E-state index in [1.54, 1.807) is 20.3 Å². The van der Waals surface area contributed by atoms with Crippen LogP contribution in [0.15, 0.2) is 12.2 Å². The van der Waals surface area contributed by atoms with Crippen LogP contribution in [0.2, 0.25) is 0 Å². The topological polar surface area (TPSA) is 35.5 Å². The number of hydrogen-bond acceptors (Lipinski definition) is 3. The van der Waals surface area contributed by atoms with E-state index in [0.29, 0.717) is 6.42 Å². The van der Waals surface area contributed by atoms with Crippen molar-refractivity contribution in [1.29, 1.82) is 0 Å². The fourth-order valence-electron chi connectivity index (χ4n) is 2.12. The fourth-order valence-corrected chi connectivity index (χ4v) is 2.12. The van der Waals surface area contributed by atoms with E-state index >= 15 is 0 Å². The summed E-state index contributed by atoms with van der Waals surface area (Å²) < 4.78 is 10.5. The summed E-state index contributed by atoms with van der Waals surface area (Å²) in [5.74, 6) is -0.0533. The Balaban J connectivity index is 2.17. The van der Waals surface area contributed by atoms with Crippen LogP contribution < -0.4 is 0 Å². The third-order valence-electron chi connectivity index (χ3n) is 2.97. The predicted molar refractivity (Wildman–Crippen MR) is 42.5 cm³/mol. The van der Waals surface area contributed by atoms with E-state index in [0.717, 1.165) is 0 Å². The first-order valence-corrected chi connectivity index (χ1v) is 4.06. The van der Waals surface area contributed by atoms with Gasteiger partial charge in [-0.25, -0.2) is 0 Å². The lowest BCUT2D eigenvalue weighted by atomic mass is 9.69. The molecule has 0 heterocycles. The van der Waals surface area contributed by atoms with Crippen molar-refractivity contribution in [2.45, 2.75) is 12.2 Å². The summed E-state index contributed by atoms with van der Waals surface area (Å²) in [5.41, 5.74) is 0. The Hall–Kier alpha value is -0.670. The smallest absolute Gasteiger partial charge is 0.175 e. The zero-order valence-corrected chi connectivity index (χ0v) is 7.24. The molecule has 2 rings (SSSR count). The van der Waals surface area contributed by atoms with E-state index in [4.69, 9.17) is 9.47 Å². The number of allylic oxidation sites excluding steroid dienone is 1. The van der Waals surface area contributed by atoms with Gasteiger partial charge in [0.05, 0.1) is 0 Å². The van der Waals surface area contributed by atoms with Crippen LogP contribution in [0.3, 0.4) is 0 Å². The molecule has 2 aliphatic carbocycles. The molecule has 2 aliphatic rings. The van der Waals surface area contributed by atoms with Gasteiger partial charge in [0.15, 0.2) is 11.6 Å². The SMILES string of the molecule is COC1(OC)CC2C(=O)C=CC21. The summed E-state index contributed by atoms with van der Waals surface area (Å²) in [4.78, 5) is 11.2. The molecule has 2 unspecified atom stereocenters. The van der Waals surface area contributed by atoms with Gasteiger partial charge in [-0.15, -0.1) is 0 Å². The van der Waals surface area contributed by atoms with Crippen LogP contribution in [0.1, 0.15) is 6.42 Å². The summed E-state index contributed by atoms with van der Waals surface area (Å²) >= 11 is 0. The lowest BCUT2D eigenvalue weighted by Gasteiger charge is -2.48. The van der Waals surface area contributed by atoms with Crippen molar-refractivity contribution in [2.24, 2.45) is 11.8 Å². The van der Waals surface area contributed by atoms with E-state index in [-0.39, 0.29) is 17.6 Å². The Bertz CT molecular complexity index is 240. The number of ether oxygens (including phenoxy) is 2. The van der Waals surface area contributed by atoms with Crippen LogP contribution in [-0.4, -0.2) is 25.8 Å². The van der Waals surface area contributed by atoms with Crippen LogP contribution in [0.5, 0.6) is 0 Å². The van der Waals surface area contributed by atoms with Gasteiger partial charge in [0.2, 0.25) is 0 Å². The lowest BCUT2D eigenvalue weighted by Crippen LogP contribution is -2.56. The molecule has 0 aromatic rings. The maximum Gasteiger partial charge on any atom is 0.175 e. The van der Waals surface area contributed by atoms with Gasteiger partial charge in [-0.2, -0.15) is 0 Å². The maximum atomic E-state index is 11.2. The number of fused-ring (bicyclic) bond motifs is 1. The number of carbonyl (C=O) groups excluding carboxylic acids is 1. The molecule has 66 valence electrons. The lowest BCUT2D eigenvalue weighted by molar-refractivity contribution is -0.290.